The van der Waals surface area contributed by atoms with Gasteiger partial charge in [0.25, 0.3) is 5.91 Å². The van der Waals surface area contributed by atoms with Crippen molar-refractivity contribution in [2.24, 2.45) is 0 Å². The van der Waals surface area contributed by atoms with E-state index in [1.165, 1.54) is 14.2 Å². The predicted molar refractivity (Wildman–Crippen MR) is 109 cm³/mol. The molecule has 3 rings (SSSR count). The first-order valence-corrected chi connectivity index (χ1v) is 8.97. The summed E-state index contributed by atoms with van der Waals surface area (Å²) in [4.78, 5) is 12.8. The lowest BCUT2D eigenvalue weighted by molar-refractivity contribution is 0.102. The van der Waals surface area contributed by atoms with Crippen molar-refractivity contribution < 1.29 is 19.4 Å². The Hall–Kier alpha value is -3.02. The Bertz CT molecular complexity index is 976. The van der Waals surface area contributed by atoms with E-state index in [1.807, 2.05) is 30.3 Å². The van der Waals surface area contributed by atoms with Crippen LogP contribution in [0.15, 0.2) is 66.7 Å². The molecule has 0 saturated carbocycles. The van der Waals surface area contributed by atoms with Gasteiger partial charge in [0.2, 0.25) is 0 Å². The van der Waals surface area contributed by atoms with Crippen molar-refractivity contribution in [2.45, 2.75) is 6.10 Å². The third-order valence-corrected chi connectivity index (χ3v) is 4.55. The van der Waals surface area contributed by atoms with Crippen molar-refractivity contribution in [3.8, 4) is 11.5 Å². The van der Waals surface area contributed by atoms with Gasteiger partial charge < -0.3 is 19.9 Å². The van der Waals surface area contributed by atoms with Gasteiger partial charge in [-0.3, -0.25) is 4.79 Å². The van der Waals surface area contributed by atoms with E-state index in [-0.39, 0.29) is 5.91 Å². The smallest absolute Gasteiger partial charge is 0.255 e. The highest BCUT2D eigenvalue weighted by molar-refractivity contribution is 6.30. The number of hydrogen-bond acceptors (Lipinski definition) is 4. The van der Waals surface area contributed by atoms with Gasteiger partial charge in [0, 0.05) is 21.8 Å². The van der Waals surface area contributed by atoms with Gasteiger partial charge in [-0.1, -0.05) is 41.9 Å². The molecule has 1 atom stereocenters. The number of rotatable bonds is 6. The minimum atomic E-state index is -0.930. The average Bonchev–Trinajstić information content (AvgIpc) is 2.74. The fourth-order valence-electron chi connectivity index (χ4n) is 2.86. The zero-order valence-electron chi connectivity index (χ0n) is 15.5. The fraction of sp³-hybridized carbons (Fsp3) is 0.136. The molecule has 5 nitrogen and oxygen atoms in total. The number of ether oxygens (including phenoxy) is 2. The summed E-state index contributed by atoms with van der Waals surface area (Å²) in [5, 5.41) is 14.1. The Labute approximate surface area is 168 Å². The third kappa shape index (κ3) is 4.27. The molecule has 0 aliphatic carbocycles. The summed E-state index contributed by atoms with van der Waals surface area (Å²) in [6, 6.07) is 19.0. The molecular weight excluding hydrogens is 378 g/mol. The minimum Gasteiger partial charge on any atom is -0.493 e. The number of aliphatic hydroxyl groups excluding tert-OH is 1. The average molecular weight is 398 g/mol. The van der Waals surface area contributed by atoms with Crippen LogP contribution in [0.5, 0.6) is 11.5 Å². The Morgan fingerprint density at radius 2 is 1.68 bits per heavy atom. The molecule has 144 valence electrons. The highest BCUT2D eigenvalue weighted by atomic mass is 35.5. The molecule has 0 saturated heterocycles. The van der Waals surface area contributed by atoms with Gasteiger partial charge in [-0.15, -0.1) is 0 Å². The van der Waals surface area contributed by atoms with Crippen LogP contribution in [-0.2, 0) is 0 Å². The lowest BCUT2D eigenvalue weighted by Crippen LogP contribution is -2.15. The van der Waals surface area contributed by atoms with E-state index in [1.54, 1.807) is 36.4 Å². The normalized spacial score (nSPS) is 11.6. The number of aliphatic hydroxyl groups is 1. The number of hydrogen-bond donors (Lipinski definition) is 2. The van der Waals surface area contributed by atoms with Crippen LogP contribution in [0, 0.1) is 0 Å². The molecule has 3 aromatic carbocycles. The SMILES string of the molecule is COc1ccc(C(=O)Nc2ccc(Cl)cc2C(O)c2ccccc2)cc1OC. The number of halogens is 1. The van der Waals surface area contributed by atoms with Crippen molar-refractivity contribution in [2.75, 3.05) is 19.5 Å². The largest absolute Gasteiger partial charge is 0.493 e. The number of carbonyl (C=O) groups is 1. The summed E-state index contributed by atoms with van der Waals surface area (Å²) in [7, 11) is 3.04. The van der Waals surface area contributed by atoms with E-state index in [2.05, 4.69) is 5.32 Å². The lowest BCUT2D eigenvalue weighted by atomic mass is 9.99. The molecule has 1 amide bonds. The minimum absolute atomic E-state index is 0.343. The zero-order valence-corrected chi connectivity index (χ0v) is 16.2. The Morgan fingerprint density at radius 1 is 0.964 bits per heavy atom. The molecule has 0 aromatic heterocycles. The highest BCUT2D eigenvalue weighted by Crippen LogP contribution is 2.32. The van der Waals surface area contributed by atoms with Crippen molar-refractivity contribution >= 4 is 23.2 Å². The molecule has 0 aliphatic rings. The number of nitrogens with one attached hydrogen (secondary N) is 1. The van der Waals surface area contributed by atoms with Crippen LogP contribution < -0.4 is 14.8 Å². The lowest BCUT2D eigenvalue weighted by Gasteiger charge is -2.17. The number of methoxy groups -OCH3 is 2. The molecule has 3 aromatic rings. The van der Waals surface area contributed by atoms with Crippen LogP contribution >= 0.6 is 11.6 Å². The van der Waals surface area contributed by atoms with E-state index in [4.69, 9.17) is 21.1 Å². The van der Waals surface area contributed by atoms with E-state index < -0.39 is 6.10 Å². The molecule has 6 heteroatoms. The second-order valence-corrected chi connectivity index (χ2v) is 6.51. The molecule has 0 aliphatic heterocycles. The van der Waals surface area contributed by atoms with Gasteiger partial charge >= 0.3 is 0 Å². The predicted octanol–water partition coefficient (Wildman–Crippen LogP) is 4.69. The first kappa shape index (κ1) is 19.7. The molecule has 28 heavy (non-hydrogen) atoms. The quantitative estimate of drug-likeness (QED) is 0.633. The van der Waals surface area contributed by atoms with Gasteiger partial charge in [0.15, 0.2) is 11.5 Å². The van der Waals surface area contributed by atoms with E-state index >= 15 is 0 Å². The van der Waals surface area contributed by atoms with Crippen LogP contribution in [0.4, 0.5) is 5.69 Å². The van der Waals surface area contributed by atoms with E-state index in [0.29, 0.717) is 38.9 Å². The van der Waals surface area contributed by atoms with Crippen LogP contribution in [0.25, 0.3) is 0 Å². The second kappa shape index (κ2) is 8.78. The summed E-state index contributed by atoms with van der Waals surface area (Å²) < 4.78 is 10.4. The maximum atomic E-state index is 12.8. The summed E-state index contributed by atoms with van der Waals surface area (Å²) in [6.45, 7) is 0. The second-order valence-electron chi connectivity index (χ2n) is 6.07. The summed E-state index contributed by atoms with van der Waals surface area (Å²) in [5.41, 5.74) is 2.08. The standard InChI is InChI=1S/C22H20ClNO4/c1-27-19-11-8-15(12-20(19)28-2)22(26)24-18-10-9-16(23)13-17(18)21(25)14-6-4-3-5-7-14/h3-13,21,25H,1-2H3,(H,24,26). The molecule has 0 fully saturated rings. The molecule has 2 N–H and O–H groups in total. The van der Waals surface area contributed by atoms with E-state index in [0.717, 1.165) is 0 Å². The first-order valence-electron chi connectivity index (χ1n) is 8.59. The Kier molecular flexibility index (Phi) is 6.19. The third-order valence-electron chi connectivity index (χ3n) is 4.32. The van der Waals surface area contributed by atoms with Crippen molar-refractivity contribution in [1.82, 2.24) is 0 Å². The highest BCUT2D eigenvalue weighted by Gasteiger charge is 2.18. The fourth-order valence-corrected chi connectivity index (χ4v) is 3.04. The van der Waals surface area contributed by atoms with Crippen LogP contribution in [0.3, 0.4) is 0 Å². The van der Waals surface area contributed by atoms with Crippen molar-refractivity contribution in [3.05, 3.63) is 88.4 Å². The number of anilines is 1. The summed E-state index contributed by atoms with van der Waals surface area (Å²) in [5.74, 6) is 0.645. The van der Waals surface area contributed by atoms with Crippen molar-refractivity contribution in [1.29, 1.82) is 0 Å². The summed E-state index contributed by atoms with van der Waals surface area (Å²) >= 11 is 6.12. The van der Waals surface area contributed by atoms with Crippen LogP contribution in [-0.4, -0.2) is 25.2 Å². The molecule has 0 bridgehead atoms. The first-order chi connectivity index (χ1) is 13.5. The van der Waals surface area contributed by atoms with Crippen LogP contribution in [0.1, 0.15) is 27.6 Å². The van der Waals surface area contributed by atoms with Crippen LogP contribution in [0.2, 0.25) is 5.02 Å². The van der Waals surface area contributed by atoms with Gasteiger partial charge in [-0.2, -0.15) is 0 Å². The molecule has 0 spiro atoms. The zero-order chi connectivity index (χ0) is 20.1. The van der Waals surface area contributed by atoms with Gasteiger partial charge in [0.05, 0.1) is 14.2 Å². The van der Waals surface area contributed by atoms with Crippen molar-refractivity contribution in [3.63, 3.8) is 0 Å². The molecule has 0 radical (unpaired) electrons. The Morgan fingerprint density at radius 3 is 2.36 bits per heavy atom. The number of carbonyl (C=O) groups excluding carboxylic acids is 1. The summed E-state index contributed by atoms with van der Waals surface area (Å²) in [6.07, 6.45) is -0.930. The number of amides is 1. The number of benzene rings is 3. The molecular formula is C22H20ClNO4. The van der Waals surface area contributed by atoms with Gasteiger partial charge in [0.1, 0.15) is 6.10 Å². The molecule has 0 heterocycles. The maximum Gasteiger partial charge on any atom is 0.255 e. The van der Waals surface area contributed by atoms with Gasteiger partial charge in [-0.05, 0) is 42.0 Å². The van der Waals surface area contributed by atoms with Gasteiger partial charge in [-0.25, -0.2) is 0 Å². The topological polar surface area (TPSA) is 67.8 Å². The molecule has 1 unspecified atom stereocenters. The monoisotopic (exact) mass is 397 g/mol. The Balaban J connectivity index is 1.91. The van der Waals surface area contributed by atoms with E-state index in [9.17, 15) is 9.90 Å². The maximum absolute atomic E-state index is 12.8.